The third-order valence-electron chi connectivity index (χ3n) is 9.58. The summed E-state index contributed by atoms with van der Waals surface area (Å²) in [6.45, 7) is 11.2. The molecule has 0 aromatic heterocycles. The van der Waals surface area contributed by atoms with E-state index in [0.29, 0.717) is 0 Å². The summed E-state index contributed by atoms with van der Waals surface area (Å²) in [5, 5.41) is 9.61. The fourth-order valence-corrected chi connectivity index (χ4v) is 7.01. The van der Waals surface area contributed by atoms with Gasteiger partial charge in [-0.3, -0.25) is 0 Å². The van der Waals surface area contributed by atoms with Crippen LogP contribution in [0, 0.1) is 6.92 Å². The van der Waals surface area contributed by atoms with Gasteiger partial charge in [0.25, 0.3) is 0 Å². The molecule has 0 atom stereocenters. The molecule has 0 bridgehead atoms. The molecule has 2 nitrogen and oxygen atoms in total. The van der Waals surface area contributed by atoms with Crippen LogP contribution in [0.1, 0.15) is 133 Å². The first-order chi connectivity index (χ1) is 23.5. The van der Waals surface area contributed by atoms with Crippen LogP contribution in [-0.2, 0) is 19.3 Å². The first kappa shape index (κ1) is 37.0. The Balaban J connectivity index is 1.58. The Bertz CT molecular complexity index is 1580. The molecular weight excluding hydrogens is 581 g/mol. The van der Waals surface area contributed by atoms with Crippen molar-refractivity contribution in [1.29, 1.82) is 0 Å². The first-order valence-corrected chi connectivity index (χ1v) is 19.0. The van der Waals surface area contributed by atoms with Gasteiger partial charge in [-0.25, -0.2) is 0 Å². The van der Waals surface area contributed by atoms with Gasteiger partial charge in [0.1, 0.15) is 0 Å². The summed E-state index contributed by atoms with van der Waals surface area (Å²) in [7, 11) is 0. The summed E-state index contributed by atoms with van der Waals surface area (Å²) < 4.78 is 0. The molecule has 4 rings (SSSR count). The SMILES string of the molecule is CCCCCCCCc1cc(N=NC(C)=Cc2cc(C)c(-c3ccccc3)c(-c3ccccc3)c2)cc(CC)c1CCCCCCCC. The van der Waals surface area contributed by atoms with Crippen LogP contribution in [0.3, 0.4) is 0 Å². The minimum atomic E-state index is 0.910. The van der Waals surface area contributed by atoms with Crippen molar-refractivity contribution >= 4 is 11.8 Å². The normalized spacial score (nSPS) is 11.9. The highest BCUT2D eigenvalue weighted by atomic mass is 15.1. The Hall–Kier alpha value is -3.78. The lowest BCUT2D eigenvalue weighted by atomic mass is 9.89. The van der Waals surface area contributed by atoms with E-state index in [9.17, 15) is 0 Å². The van der Waals surface area contributed by atoms with Crippen molar-refractivity contribution in [3.8, 4) is 22.3 Å². The van der Waals surface area contributed by atoms with Crippen molar-refractivity contribution < 1.29 is 0 Å². The van der Waals surface area contributed by atoms with E-state index in [0.717, 1.165) is 29.8 Å². The number of unbranched alkanes of at least 4 members (excludes halogenated alkanes) is 10. The Kier molecular flexibility index (Phi) is 15.9. The maximum Gasteiger partial charge on any atom is 0.0862 e. The third kappa shape index (κ3) is 11.4. The Morgan fingerprint density at radius 2 is 1.17 bits per heavy atom. The number of azo groups is 1. The molecule has 48 heavy (non-hydrogen) atoms. The number of hydrogen-bond donors (Lipinski definition) is 0. The molecule has 0 saturated carbocycles. The van der Waals surface area contributed by atoms with Crippen LogP contribution in [0.5, 0.6) is 0 Å². The molecule has 0 aliphatic carbocycles. The van der Waals surface area contributed by atoms with E-state index < -0.39 is 0 Å². The van der Waals surface area contributed by atoms with Gasteiger partial charge in [0.15, 0.2) is 0 Å². The third-order valence-corrected chi connectivity index (χ3v) is 9.58. The summed E-state index contributed by atoms with van der Waals surface area (Å²) in [4.78, 5) is 0. The fraction of sp³-hybridized carbons (Fsp3) is 0.435. The maximum atomic E-state index is 4.84. The van der Waals surface area contributed by atoms with Gasteiger partial charge in [0.05, 0.1) is 11.4 Å². The minimum Gasteiger partial charge on any atom is -0.155 e. The molecule has 0 heterocycles. The zero-order chi connectivity index (χ0) is 34.0. The summed E-state index contributed by atoms with van der Waals surface area (Å²) >= 11 is 0. The van der Waals surface area contributed by atoms with E-state index in [1.807, 2.05) is 0 Å². The highest BCUT2D eigenvalue weighted by Crippen LogP contribution is 2.36. The largest absolute Gasteiger partial charge is 0.155 e. The molecule has 0 aliphatic rings. The Morgan fingerprint density at radius 3 is 1.79 bits per heavy atom. The van der Waals surface area contributed by atoms with Crippen molar-refractivity contribution in [1.82, 2.24) is 0 Å². The molecule has 0 N–H and O–H groups in total. The lowest BCUT2D eigenvalue weighted by Gasteiger charge is -2.16. The molecule has 0 unspecified atom stereocenters. The summed E-state index contributed by atoms with van der Waals surface area (Å²) in [5.41, 5.74) is 13.9. The Labute approximate surface area is 292 Å². The Morgan fingerprint density at radius 1 is 0.604 bits per heavy atom. The second kappa shape index (κ2) is 20.6. The fourth-order valence-electron chi connectivity index (χ4n) is 7.01. The van der Waals surface area contributed by atoms with Gasteiger partial charge in [-0.1, -0.05) is 152 Å². The van der Waals surface area contributed by atoms with E-state index in [4.69, 9.17) is 10.2 Å². The average molecular weight is 641 g/mol. The predicted molar refractivity (Wildman–Crippen MR) is 210 cm³/mol. The quantitative estimate of drug-likeness (QED) is 0.0678. The van der Waals surface area contributed by atoms with Crippen LogP contribution >= 0.6 is 0 Å². The van der Waals surface area contributed by atoms with Gasteiger partial charge in [-0.05, 0) is 120 Å². The van der Waals surface area contributed by atoms with Gasteiger partial charge in [0.2, 0.25) is 0 Å². The number of hydrogen-bond acceptors (Lipinski definition) is 2. The minimum absolute atomic E-state index is 0.910. The van der Waals surface area contributed by atoms with E-state index >= 15 is 0 Å². The second-order valence-electron chi connectivity index (χ2n) is 13.6. The zero-order valence-corrected chi connectivity index (χ0v) is 30.7. The second-order valence-corrected chi connectivity index (χ2v) is 13.6. The van der Waals surface area contributed by atoms with Crippen molar-refractivity contribution in [3.05, 3.63) is 118 Å². The molecular formula is C46H60N2. The number of benzene rings is 4. The van der Waals surface area contributed by atoms with Crippen LogP contribution in [0.4, 0.5) is 5.69 Å². The van der Waals surface area contributed by atoms with Gasteiger partial charge in [-0.15, -0.1) is 0 Å². The maximum absolute atomic E-state index is 4.84. The molecule has 4 aromatic carbocycles. The number of aryl methyl sites for hydroxylation is 3. The van der Waals surface area contributed by atoms with Crippen LogP contribution in [-0.4, -0.2) is 0 Å². The van der Waals surface area contributed by atoms with Crippen LogP contribution in [0.15, 0.2) is 101 Å². The van der Waals surface area contributed by atoms with Crippen LogP contribution in [0.2, 0.25) is 0 Å². The molecule has 0 fully saturated rings. The highest BCUT2D eigenvalue weighted by Gasteiger charge is 2.13. The first-order valence-electron chi connectivity index (χ1n) is 19.0. The number of rotatable bonds is 20. The van der Waals surface area contributed by atoms with Gasteiger partial charge < -0.3 is 0 Å². The topological polar surface area (TPSA) is 24.7 Å². The molecule has 254 valence electrons. The van der Waals surface area contributed by atoms with E-state index in [1.54, 1.807) is 5.56 Å². The van der Waals surface area contributed by atoms with Crippen LogP contribution < -0.4 is 0 Å². The molecule has 0 spiro atoms. The van der Waals surface area contributed by atoms with Crippen molar-refractivity contribution in [2.75, 3.05) is 0 Å². The van der Waals surface area contributed by atoms with E-state index in [2.05, 4.69) is 126 Å². The summed E-state index contributed by atoms with van der Waals surface area (Å²) in [5.74, 6) is 0. The molecule has 2 heteroatoms. The number of nitrogens with zero attached hydrogens (tertiary/aromatic N) is 2. The average Bonchev–Trinajstić information content (AvgIpc) is 3.11. The van der Waals surface area contributed by atoms with Crippen molar-refractivity contribution in [2.24, 2.45) is 10.2 Å². The molecule has 0 aliphatic heterocycles. The van der Waals surface area contributed by atoms with Crippen molar-refractivity contribution in [3.63, 3.8) is 0 Å². The van der Waals surface area contributed by atoms with E-state index in [-0.39, 0.29) is 0 Å². The lowest BCUT2D eigenvalue weighted by Crippen LogP contribution is -2.01. The molecule has 0 radical (unpaired) electrons. The smallest absolute Gasteiger partial charge is 0.0862 e. The highest BCUT2D eigenvalue weighted by molar-refractivity contribution is 5.87. The predicted octanol–water partition coefficient (Wildman–Crippen LogP) is 14.8. The van der Waals surface area contributed by atoms with Gasteiger partial charge in [-0.2, -0.15) is 10.2 Å². The monoisotopic (exact) mass is 640 g/mol. The zero-order valence-electron chi connectivity index (χ0n) is 30.7. The lowest BCUT2D eigenvalue weighted by molar-refractivity contribution is 0.598. The van der Waals surface area contributed by atoms with E-state index in [1.165, 1.54) is 122 Å². The van der Waals surface area contributed by atoms with Gasteiger partial charge in [0, 0.05) is 0 Å². The van der Waals surface area contributed by atoms with Crippen molar-refractivity contribution in [2.45, 2.75) is 131 Å². The molecule has 4 aromatic rings. The molecule has 0 saturated heterocycles. The van der Waals surface area contributed by atoms with Gasteiger partial charge >= 0.3 is 0 Å². The number of allylic oxidation sites excluding steroid dienone is 1. The van der Waals surface area contributed by atoms with Crippen LogP contribution in [0.25, 0.3) is 28.3 Å². The molecule has 0 amide bonds. The summed E-state index contributed by atoms with van der Waals surface area (Å²) in [6.07, 6.45) is 21.5. The summed E-state index contributed by atoms with van der Waals surface area (Å²) in [6, 6.07) is 30.7. The standard InChI is InChI=1S/C46H60N2/c1-6-9-11-13-15-19-29-42-35-43(34-39(8-3)44(42)30-24-16-14-12-10-7-2)48-47-37(5)32-38-31-36(4)46(41-27-22-18-23-28-41)45(33-38)40-25-20-17-21-26-40/h17-18,20-23,25-28,31-35H,6-16,19,24,29-30H2,1-5H3.